The smallest absolute Gasteiger partial charge is 0.271 e. The molecule has 5 nitrogen and oxygen atoms in total. The molecule has 88 valence electrons. The summed E-state index contributed by atoms with van der Waals surface area (Å²) >= 11 is 1.60. The van der Waals surface area contributed by atoms with Crippen LogP contribution >= 0.6 is 11.3 Å². The minimum atomic E-state index is -0.324. The summed E-state index contributed by atoms with van der Waals surface area (Å²) in [7, 11) is 0. The average molecular weight is 249 g/mol. The molecule has 0 aliphatic heterocycles. The van der Waals surface area contributed by atoms with E-state index in [1.807, 2.05) is 17.7 Å². The minimum absolute atomic E-state index is 0.206. The number of carbonyl (C=O) groups is 1. The van der Waals surface area contributed by atoms with E-state index in [0.29, 0.717) is 6.54 Å². The van der Waals surface area contributed by atoms with Gasteiger partial charge in [0.05, 0.1) is 0 Å². The van der Waals surface area contributed by atoms with Gasteiger partial charge in [-0.1, -0.05) is 0 Å². The van der Waals surface area contributed by atoms with Crippen molar-refractivity contribution in [2.24, 2.45) is 0 Å². The Hall–Kier alpha value is -1.95. The molecule has 6 heteroatoms. The van der Waals surface area contributed by atoms with Crippen LogP contribution < -0.4 is 10.9 Å². The van der Waals surface area contributed by atoms with Gasteiger partial charge >= 0.3 is 0 Å². The van der Waals surface area contributed by atoms with E-state index in [4.69, 9.17) is 0 Å². The van der Waals surface area contributed by atoms with Gasteiger partial charge in [-0.3, -0.25) is 9.59 Å². The number of hydrogen-bond acceptors (Lipinski definition) is 4. The lowest BCUT2D eigenvalue weighted by Crippen LogP contribution is -2.25. The highest BCUT2D eigenvalue weighted by Crippen LogP contribution is 2.13. The van der Waals surface area contributed by atoms with Crippen molar-refractivity contribution in [2.45, 2.75) is 13.5 Å². The first kappa shape index (κ1) is 11.5. The number of aromatic amines is 1. The van der Waals surface area contributed by atoms with Crippen LogP contribution in [-0.2, 0) is 6.54 Å². The SMILES string of the molecule is Cc1cscc1CNC(=O)c1ccc(=O)[nH]n1. The fraction of sp³-hybridized carbons (Fsp3) is 0.182. The lowest BCUT2D eigenvalue weighted by Gasteiger charge is -2.03. The van der Waals surface area contributed by atoms with E-state index in [2.05, 4.69) is 15.5 Å². The zero-order chi connectivity index (χ0) is 12.3. The lowest BCUT2D eigenvalue weighted by molar-refractivity contribution is 0.0945. The summed E-state index contributed by atoms with van der Waals surface area (Å²) in [6.07, 6.45) is 0. The van der Waals surface area contributed by atoms with Gasteiger partial charge in [0.25, 0.3) is 11.5 Å². The fourth-order valence-corrected chi connectivity index (χ4v) is 2.16. The largest absolute Gasteiger partial charge is 0.347 e. The number of hydrogen-bond donors (Lipinski definition) is 2. The highest BCUT2D eigenvalue weighted by molar-refractivity contribution is 7.08. The summed E-state index contributed by atoms with van der Waals surface area (Å²) < 4.78 is 0. The summed E-state index contributed by atoms with van der Waals surface area (Å²) in [4.78, 5) is 22.5. The third-order valence-corrected chi connectivity index (χ3v) is 3.22. The van der Waals surface area contributed by atoms with Crippen molar-refractivity contribution in [1.82, 2.24) is 15.5 Å². The van der Waals surface area contributed by atoms with Crippen LogP contribution in [0.15, 0.2) is 27.7 Å². The Labute approximate surface area is 102 Å². The highest BCUT2D eigenvalue weighted by Gasteiger charge is 2.07. The van der Waals surface area contributed by atoms with Gasteiger partial charge in [-0.15, -0.1) is 0 Å². The summed E-state index contributed by atoms with van der Waals surface area (Å²) in [6.45, 7) is 2.46. The van der Waals surface area contributed by atoms with Crippen molar-refractivity contribution in [2.75, 3.05) is 0 Å². The molecule has 2 rings (SSSR count). The number of thiophene rings is 1. The Balaban J connectivity index is 2.00. The van der Waals surface area contributed by atoms with Crippen molar-refractivity contribution in [3.8, 4) is 0 Å². The zero-order valence-electron chi connectivity index (χ0n) is 9.19. The first-order valence-electron chi connectivity index (χ1n) is 5.02. The van der Waals surface area contributed by atoms with Crippen LogP contribution in [-0.4, -0.2) is 16.1 Å². The molecule has 0 aliphatic rings. The molecular weight excluding hydrogens is 238 g/mol. The van der Waals surface area contributed by atoms with Gasteiger partial charge in [0.15, 0.2) is 0 Å². The van der Waals surface area contributed by atoms with Crippen molar-refractivity contribution in [3.05, 3.63) is 50.1 Å². The van der Waals surface area contributed by atoms with Crippen LogP contribution in [0.4, 0.5) is 0 Å². The Morgan fingerprint density at radius 1 is 1.47 bits per heavy atom. The Bertz CT molecular complexity index is 568. The van der Waals surface area contributed by atoms with E-state index in [0.717, 1.165) is 11.1 Å². The number of aryl methyl sites for hydroxylation is 1. The first-order valence-corrected chi connectivity index (χ1v) is 5.96. The van der Waals surface area contributed by atoms with Crippen LogP contribution in [0.2, 0.25) is 0 Å². The topological polar surface area (TPSA) is 74.8 Å². The van der Waals surface area contributed by atoms with Gasteiger partial charge in [-0.05, 0) is 34.9 Å². The van der Waals surface area contributed by atoms with Crippen molar-refractivity contribution >= 4 is 17.2 Å². The predicted molar refractivity (Wildman–Crippen MR) is 65.1 cm³/mol. The van der Waals surface area contributed by atoms with E-state index in [1.54, 1.807) is 11.3 Å². The maximum Gasteiger partial charge on any atom is 0.271 e. The Morgan fingerprint density at radius 3 is 2.88 bits per heavy atom. The van der Waals surface area contributed by atoms with Crippen LogP contribution in [0.1, 0.15) is 21.6 Å². The van der Waals surface area contributed by atoms with Crippen LogP contribution in [0.5, 0.6) is 0 Å². The number of rotatable bonds is 3. The lowest BCUT2D eigenvalue weighted by atomic mass is 10.2. The average Bonchev–Trinajstić information content (AvgIpc) is 2.73. The van der Waals surface area contributed by atoms with Crippen LogP contribution in [0.25, 0.3) is 0 Å². The number of carbonyl (C=O) groups excluding carboxylic acids is 1. The molecule has 0 saturated heterocycles. The summed E-state index contributed by atoms with van der Waals surface area (Å²) in [5.41, 5.74) is 2.13. The second kappa shape index (κ2) is 4.92. The molecule has 0 atom stereocenters. The van der Waals surface area contributed by atoms with E-state index >= 15 is 0 Å². The zero-order valence-corrected chi connectivity index (χ0v) is 10.0. The Morgan fingerprint density at radius 2 is 2.29 bits per heavy atom. The molecule has 1 amide bonds. The molecule has 0 bridgehead atoms. The molecule has 2 heterocycles. The molecule has 0 saturated carbocycles. The standard InChI is InChI=1S/C11H11N3O2S/c1-7-5-17-6-8(7)4-12-11(16)9-2-3-10(15)14-13-9/h2-3,5-6H,4H2,1H3,(H,12,16)(H,14,15). The van der Waals surface area contributed by atoms with Crippen molar-refractivity contribution in [3.63, 3.8) is 0 Å². The fourth-order valence-electron chi connectivity index (χ4n) is 1.30. The van der Waals surface area contributed by atoms with Crippen LogP contribution in [0, 0.1) is 6.92 Å². The highest BCUT2D eigenvalue weighted by atomic mass is 32.1. The maximum absolute atomic E-state index is 11.7. The predicted octanol–water partition coefficient (Wildman–Crippen LogP) is 1.07. The van der Waals surface area contributed by atoms with Crippen molar-refractivity contribution in [1.29, 1.82) is 0 Å². The summed E-state index contributed by atoms with van der Waals surface area (Å²) in [6, 6.07) is 2.67. The van der Waals surface area contributed by atoms with Gasteiger partial charge in [-0.25, -0.2) is 5.10 Å². The Kier molecular flexibility index (Phi) is 3.34. The van der Waals surface area contributed by atoms with Gasteiger partial charge in [-0.2, -0.15) is 16.4 Å². The number of aromatic nitrogens is 2. The quantitative estimate of drug-likeness (QED) is 0.854. The molecule has 0 fully saturated rings. The number of nitrogens with zero attached hydrogens (tertiary/aromatic N) is 1. The van der Waals surface area contributed by atoms with E-state index in [-0.39, 0.29) is 17.2 Å². The summed E-state index contributed by atoms with van der Waals surface area (Å²) in [5.74, 6) is -0.299. The van der Waals surface area contributed by atoms with E-state index in [1.165, 1.54) is 12.1 Å². The molecule has 0 aromatic carbocycles. The molecule has 0 spiro atoms. The number of H-pyrrole nitrogens is 1. The molecule has 0 unspecified atom stereocenters. The first-order chi connectivity index (χ1) is 8.16. The maximum atomic E-state index is 11.7. The molecule has 0 aliphatic carbocycles. The van der Waals surface area contributed by atoms with E-state index in [9.17, 15) is 9.59 Å². The molecule has 17 heavy (non-hydrogen) atoms. The molecule has 2 aromatic heterocycles. The third-order valence-electron chi connectivity index (χ3n) is 2.31. The normalized spacial score (nSPS) is 10.2. The molecule has 2 aromatic rings. The molecule has 0 radical (unpaired) electrons. The second-order valence-corrected chi connectivity index (χ2v) is 4.31. The number of amides is 1. The molecule has 2 N–H and O–H groups in total. The van der Waals surface area contributed by atoms with Gasteiger partial charge < -0.3 is 5.32 Å². The third kappa shape index (κ3) is 2.79. The minimum Gasteiger partial charge on any atom is -0.347 e. The second-order valence-electron chi connectivity index (χ2n) is 3.57. The van der Waals surface area contributed by atoms with E-state index < -0.39 is 0 Å². The molecular formula is C11H11N3O2S. The monoisotopic (exact) mass is 249 g/mol. The number of nitrogens with one attached hydrogen (secondary N) is 2. The van der Waals surface area contributed by atoms with Gasteiger partial charge in [0, 0.05) is 12.6 Å². The van der Waals surface area contributed by atoms with Gasteiger partial charge in [0.2, 0.25) is 0 Å². The van der Waals surface area contributed by atoms with Crippen molar-refractivity contribution < 1.29 is 4.79 Å². The summed E-state index contributed by atoms with van der Waals surface area (Å²) in [5, 5.41) is 12.6. The van der Waals surface area contributed by atoms with Crippen LogP contribution in [0.3, 0.4) is 0 Å². The van der Waals surface area contributed by atoms with Gasteiger partial charge in [0.1, 0.15) is 5.69 Å².